The number of terminal acetylenes is 1. The molecule has 1 aromatic rings. The van der Waals surface area contributed by atoms with Crippen LogP contribution >= 0.6 is 0 Å². The van der Waals surface area contributed by atoms with E-state index in [1.54, 1.807) is 12.7 Å². The van der Waals surface area contributed by atoms with Crippen molar-refractivity contribution in [2.45, 2.75) is 63.9 Å². The molecule has 0 spiro atoms. The number of hydrogen-bond donors (Lipinski definition) is 1. The summed E-state index contributed by atoms with van der Waals surface area (Å²) in [5.74, 6) is 5.57. The topological polar surface area (TPSA) is 29.5 Å². The fourth-order valence-corrected chi connectivity index (χ4v) is 6.31. The number of hydrogen-bond acceptors (Lipinski definition) is 2. The van der Waals surface area contributed by atoms with E-state index in [1.807, 2.05) is 0 Å². The summed E-state index contributed by atoms with van der Waals surface area (Å²) in [5, 5.41) is 11.0. The lowest BCUT2D eigenvalue weighted by Gasteiger charge is -2.52. The van der Waals surface area contributed by atoms with E-state index in [0.717, 1.165) is 37.9 Å². The Balaban J connectivity index is 1.74. The quantitative estimate of drug-likeness (QED) is 0.784. The highest BCUT2D eigenvalue weighted by Gasteiger charge is 2.61. The van der Waals surface area contributed by atoms with Crippen LogP contribution in [0, 0.1) is 36.5 Å². The standard InChI is InChI=1S/C22H28O2/c1-5-22(23)11-9-19-17-7-6-15-13-16(24-4)12-14(2)20(15)18(17)8-10-21(19,22)3/h1,12-13,17-19,23H,6-11H2,2-4H3/t17?,18?,19?,21?,22-/m0/s1. The van der Waals surface area contributed by atoms with Gasteiger partial charge in [0.2, 0.25) is 0 Å². The van der Waals surface area contributed by atoms with Gasteiger partial charge in [0.15, 0.2) is 0 Å². The zero-order valence-electron chi connectivity index (χ0n) is 15.1. The third kappa shape index (κ3) is 1.94. The van der Waals surface area contributed by atoms with Gasteiger partial charge < -0.3 is 9.84 Å². The Labute approximate surface area is 145 Å². The lowest BCUT2D eigenvalue weighted by molar-refractivity contribution is -0.0647. The molecule has 0 heterocycles. The average molecular weight is 324 g/mol. The number of aryl methyl sites for hydroxylation is 2. The van der Waals surface area contributed by atoms with E-state index in [9.17, 15) is 5.11 Å². The summed E-state index contributed by atoms with van der Waals surface area (Å²) in [7, 11) is 1.75. The van der Waals surface area contributed by atoms with Crippen molar-refractivity contribution in [2.24, 2.45) is 17.3 Å². The third-order valence-electron chi connectivity index (χ3n) is 7.63. The maximum atomic E-state index is 11.0. The Morgan fingerprint density at radius 3 is 2.75 bits per heavy atom. The highest BCUT2D eigenvalue weighted by molar-refractivity contribution is 5.46. The highest BCUT2D eigenvalue weighted by atomic mass is 16.5. The van der Waals surface area contributed by atoms with Crippen molar-refractivity contribution in [3.05, 3.63) is 28.8 Å². The molecule has 1 aromatic carbocycles. The molecular weight excluding hydrogens is 296 g/mol. The minimum Gasteiger partial charge on any atom is -0.497 e. The van der Waals surface area contributed by atoms with Crippen molar-refractivity contribution >= 4 is 0 Å². The van der Waals surface area contributed by atoms with Crippen LogP contribution in [0.5, 0.6) is 5.75 Å². The van der Waals surface area contributed by atoms with Crippen molar-refractivity contribution in [1.29, 1.82) is 0 Å². The van der Waals surface area contributed by atoms with Gasteiger partial charge in [0, 0.05) is 5.41 Å². The van der Waals surface area contributed by atoms with E-state index in [0.29, 0.717) is 17.8 Å². The summed E-state index contributed by atoms with van der Waals surface area (Å²) in [6.07, 6.45) is 12.1. The molecule has 3 aliphatic carbocycles. The highest BCUT2D eigenvalue weighted by Crippen LogP contribution is 2.64. The second-order valence-corrected chi connectivity index (χ2v) is 8.43. The van der Waals surface area contributed by atoms with Crippen LogP contribution in [0.2, 0.25) is 0 Å². The molecule has 5 atom stereocenters. The van der Waals surface area contributed by atoms with E-state index in [1.165, 1.54) is 17.5 Å². The number of fused-ring (bicyclic) bond motifs is 5. The molecule has 3 aliphatic rings. The summed E-state index contributed by atoms with van der Waals surface area (Å²) in [4.78, 5) is 0. The Morgan fingerprint density at radius 2 is 2.04 bits per heavy atom. The first-order valence-corrected chi connectivity index (χ1v) is 9.31. The van der Waals surface area contributed by atoms with Gasteiger partial charge in [-0.05, 0) is 92.0 Å². The number of ether oxygens (including phenoxy) is 1. The molecule has 4 rings (SSSR count). The largest absolute Gasteiger partial charge is 0.497 e. The van der Waals surface area contributed by atoms with Crippen LogP contribution < -0.4 is 4.74 Å². The molecule has 2 saturated carbocycles. The monoisotopic (exact) mass is 324 g/mol. The number of methoxy groups -OCH3 is 1. The van der Waals surface area contributed by atoms with Crippen molar-refractivity contribution in [3.8, 4) is 18.1 Å². The summed E-state index contributed by atoms with van der Waals surface area (Å²) >= 11 is 0. The molecule has 2 nitrogen and oxygen atoms in total. The second-order valence-electron chi connectivity index (χ2n) is 8.43. The van der Waals surface area contributed by atoms with E-state index in [4.69, 9.17) is 11.2 Å². The van der Waals surface area contributed by atoms with Gasteiger partial charge in [-0.3, -0.25) is 0 Å². The summed E-state index contributed by atoms with van der Waals surface area (Å²) < 4.78 is 5.47. The minimum absolute atomic E-state index is 0.110. The van der Waals surface area contributed by atoms with Gasteiger partial charge in [0.1, 0.15) is 11.4 Å². The molecule has 128 valence electrons. The van der Waals surface area contributed by atoms with Crippen LogP contribution in [-0.2, 0) is 6.42 Å². The maximum absolute atomic E-state index is 11.0. The fraction of sp³-hybridized carbons (Fsp3) is 0.636. The van der Waals surface area contributed by atoms with Crippen LogP contribution in [0.1, 0.15) is 61.6 Å². The van der Waals surface area contributed by atoms with E-state index in [2.05, 4.69) is 31.9 Å². The Bertz CT molecular complexity index is 715. The van der Waals surface area contributed by atoms with Gasteiger partial charge in [-0.2, -0.15) is 0 Å². The predicted molar refractivity (Wildman–Crippen MR) is 96.1 cm³/mol. The maximum Gasteiger partial charge on any atom is 0.130 e. The molecule has 1 N–H and O–H groups in total. The second kappa shape index (κ2) is 5.27. The lowest BCUT2D eigenvalue weighted by atomic mass is 9.53. The van der Waals surface area contributed by atoms with Crippen molar-refractivity contribution in [2.75, 3.05) is 7.11 Å². The van der Waals surface area contributed by atoms with E-state index in [-0.39, 0.29) is 5.41 Å². The molecule has 0 saturated heterocycles. The number of benzene rings is 1. The summed E-state index contributed by atoms with van der Waals surface area (Å²) in [6, 6.07) is 4.42. The zero-order chi connectivity index (χ0) is 17.1. The molecular formula is C22H28O2. The van der Waals surface area contributed by atoms with Crippen molar-refractivity contribution in [1.82, 2.24) is 0 Å². The Kier molecular flexibility index (Phi) is 3.52. The van der Waals surface area contributed by atoms with Gasteiger partial charge in [-0.1, -0.05) is 12.8 Å². The molecule has 2 fully saturated rings. The molecule has 2 heteroatoms. The minimum atomic E-state index is -0.905. The smallest absolute Gasteiger partial charge is 0.130 e. The first-order chi connectivity index (χ1) is 11.4. The average Bonchev–Trinajstić information content (AvgIpc) is 2.86. The first-order valence-electron chi connectivity index (χ1n) is 9.31. The molecule has 0 amide bonds. The van der Waals surface area contributed by atoms with Crippen LogP contribution in [-0.4, -0.2) is 17.8 Å². The first kappa shape index (κ1) is 16.0. The fourth-order valence-electron chi connectivity index (χ4n) is 6.31. The summed E-state index contributed by atoms with van der Waals surface area (Å²) in [6.45, 7) is 4.47. The van der Waals surface area contributed by atoms with Crippen molar-refractivity contribution < 1.29 is 9.84 Å². The van der Waals surface area contributed by atoms with E-state index >= 15 is 0 Å². The SMILES string of the molecule is C#C[C@]1(O)CCC2C3CCc4cc(OC)cc(C)c4C3CCC21C. The molecule has 0 radical (unpaired) electrons. The lowest BCUT2D eigenvalue weighted by Crippen LogP contribution is -2.50. The molecule has 0 bridgehead atoms. The van der Waals surface area contributed by atoms with Crippen molar-refractivity contribution in [3.63, 3.8) is 0 Å². The molecule has 0 aliphatic heterocycles. The Morgan fingerprint density at radius 1 is 1.25 bits per heavy atom. The van der Waals surface area contributed by atoms with Crippen LogP contribution in [0.3, 0.4) is 0 Å². The van der Waals surface area contributed by atoms with Gasteiger partial charge in [0.25, 0.3) is 0 Å². The summed E-state index contributed by atoms with van der Waals surface area (Å²) in [5.41, 5.74) is 3.39. The molecule has 0 aromatic heterocycles. The Hall–Kier alpha value is -1.46. The van der Waals surface area contributed by atoms with Crippen LogP contribution in [0.25, 0.3) is 0 Å². The normalized spacial score (nSPS) is 40.2. The van der Waals surface area contributed by atoms with Crippen LogP contribution in [0.15, 0.2) is 12.1 Å². The third-order valence-corrected chi connectivity index (χ3v) is 7.63. The zero-order valence-corrected chi connectivity index (χ0v) is 15.1. The number of aliphatic hydroxyl groups is 1. The molecule has 24 heavy (non-hydrogen) atoms. The number of rotatable bonds is 1. The van der Waals surface area contributed by atoms with Crippen LogP contribution in [0.4, 0.5) is 0 Å². The predicted octanol–water partition coefficient (Wildman–Crippen LogP) is 4.22. The van der Waals surface area contributed by atoms with Gasteiger partial charge in [-0.25, -0.2) is 0 Å². The molecule has 4 unspecified atom stereocenters. The van der Waals surface area contributed by atoms with Gasteiger partial charge >= 0.3 is 0 Å². The van der Waals surface area contributed by atoms with E-state index < -0.39 is 5.60 Å². The van der Waals surface area contributed by atoms with Gasteiger partial charge in [-0.15, -0.1) is 6.42 Å². The van der Waals surface area contributed by atoms with Gasteiger partial charge in [0.05, 0.1) is 7.11 Å².